The third-order valence-corrected chi connectivity index (χ3v) is 10.1. The molecular weight excluding hydrogens is 611 g/mol. The molecule has 5 nitrogen and oxygen atoms in total. The van der Waals surface area contributed by atoms with Crippen LogP contribution >= 0.6 is 0 Å². The monoisotopic (exact) mass is 643 g/mol. The molecule has 0 atom stereocenters. The van der Waals surface area contributed by atoms with Gasteiger partial charge in [0.2, 0.25) is 0 Å². The molecule has 6 aromatic carbocycles. The number of benzene rings is 6. The highest BCUT2D eigenvalue weighted by atomic mass is 15.1. The summed E-state index contributed by atoms with van der Waals surface area (Å²) in [5, 5.41) is 7.26. The third-order valence-electron chi connectivity index (χ3n) is 10.1. The molecular formula is C45H33N5. The van der Waals surface area contributed by atoms with Gasteiger partial charge in [0.05, 0.1) is 45.0 Å². The molecule has 0 saturated carbocycles. The van der Waals surface area contributed by atoms with Gasteiger partial charge in [-0.1, -0.05) is 93.6 Å². The van der Waals surface area contributed by atoms with E-state index in [1.165, 1.54) is 37.9 Å². The lowest BCUT2D eigenvalue weighted by Gasteiger charge is -2.20. The Bertz CT molecular complexity index is 2980. The summed E-state index contributed by atoms with van der Waals surface area (Å²) in [6, 6.07) is 47.9. The van der Waals surface area contributed by atoms with E-state index in [1.54, 1.807) is 0 Å². The van der Waals surface area contributed by atoms with Gasteiger partial charge in [0.25, 0.3) is 0 Å². The van der Waals surface area contributed by atoms with Crippen LogP contribution in [0.3, 0.4) is 0 Å². The van der Waals surface area contributed by atoms with Crippen LogP contribution in [0, 0.1) is 0 Å². The number of pyridine rings is 1. The van der Waals surface area contributed by atoms with Gasteiger partial charge in [-0.2, -0.15) is 0 Å². The molecule has 10 aromatic rings. The van der Waals surface area contributed by atoms with Gasteiger partial charge in [-0.3, -0.25) is 9.55 Å². The van der Waals surface area contributed by atoms with E-state index in [-0.39, 0.29) is 5.41 Å². The van der Waals surface area contributed by atoms with Gasteiger partial charge in [-0.15, -0.1) is 0 Å². The molecule has 0 saturated heterocycles. The molecule has 0 aliphatic rings. The van der Waals surface area contributed by atoms with Crippen LogP contribution in [0.5, 0.6) is 0 Å². The number of nitrogens with zero attached hydrogens (tertiary/aromatic N) is 5. The highest BCUT2D eigenvalue weighted by molar-refractivity contribution is 6.15. The van der Waals surface area contributed by atoms with Gasteiger partial charge >= 0.3 is 0 Å². The second kappa shape index (κ2) is 10.6. The average molecular weight is 644 g/mol. The van der Waals surface area contributed by atoms with Crippen molar-refractivity contribution in [2.75, 3.05) is 0 Å². The van der Waals surface area contributed by atoms with Crippen molar-refractivity contribution >= 4 is 65.4 Å². The zero-order valence-electron chi connectivity index (χ0n) is 28.1. The van der Waals surface area contributed by atoms with Crippen LogP contribution in [0.15, 0.2) is 146 Å². The Hall–Kier alpha value is -6.33. The first kappa shape index (κ1) is 28.7. The largest absolute Gasteiger partial charge is 0.309 e. The first-order valence-corrected chi connectivity index (χ1v) is 17.1. The summed E-state index contributed by atoms with van der Waals surface area (Å²) < 4.78 is 4.73. The van der Waals surface area contributed by atoms with Crippen LogP contribution in [-0.2, 0) is 5.41 Å². The van der Waals surface area contributed by atoms with Crippen LogP contribution in [0.2, 0.25) is 0 Å². The predicted molar refractivity (Wildman–Crippen MR) is 208 cm³/mol. The quantitative estimate of drug-likeness (QED) is 0.192. The van der Waals surface area contributed by atoms with Crippen LogP contribution in [0.1, 0.15) is 26.3 Å². The summed E-state index contributed by atoms with van der Waals surface area (Å²) in [7, 11) is 0. The number of aromatic nitrogens is 5. The Morgan fingerprint density at radius 3 is 2.04 bits per heavy atom. The maximum Gasteiger partial charge on any atom is 0.137 e. The Balaban J connectivity index is 1.27. The van der Waals surface area contributed by atoms with Crippen molar-refractivity contribution in [1.82, 2.24) is 24.1 Å². The summed E-state index contributed by atoms with van der Waals surface area (Å²) in [6.07, 6.45) is 3.82. The lowest BCUT2D eigenvalue weighted by molar-refractivity contribution is 0.588. The van der Waals surface area contributed by atoms with E-state index in [2.05, 4.69) is 139 Å². The summed E-state index contributed by atoms with van der Waals surface area (Å²) in [4.78, 5) is 14.7. The molecule has 0 unspecified atom stereocenters. The minimum Gasteiger partial charge on any atom is -0.309 e. The number of rotatable bonds is 3. The molecule has 50 heavy (non-hydrogen) atoms. The van der Waals surface area contributed by atoms with Crippen LogP contribution in [-0.4, -0.2) is 24.1 Å². The van der Waals surface area contributed by atoms with E-state index in [0.717, 1.165) is 55.9 Å². The molecule has 0 aliphatic carbocycles. The standard InChI is InChI=1S/C45H33N5/c1-45(2,3)31-20-21-46-44(25-31)50-40-15-9-6-12-33(40)34-19-17-32(26-43(34)50)49-41-24-30(39-27-47-37-13-7-8-14-38(37)48-39)16-18-35(41)36-22-28-10-4-5-11-29(28)23-42(36)49/h4-27H,1-3H3. The SMILES string of the molecule is CC(C)(C)c1ccnc(-n2c3ccccc3c3ccc(-n4c5cc(-c6cnc7ccccc7n6)ccc5c5cc6ccccc6cc54)cc32)c1. The van der Waals surface area contributed by atoms with Gasteiger partial charge in [-0.25, -0.2) is 9.97 Å². The lowest BCUT2D eigenvalue weighted by atomic mass is 9.88. The van der Waals surface area contributed by atoms with E-state index >= 15 is 0 Å². The molecule has 4 aromatic heterocycles. The minimum absolute atomic E-state index is 0.000477. The molecule has 10 rings (SSSR count). The molecule has 0 N–H and O–H groups in total. The Labute approximate surface area is 289 Å². The fourth-order valence-corrected chi connectivity index (χ4v) is 7.59. The highest BCUT2D eigenvalue weighted by Crippen LogP contribution is 2.39. The second-order valence-electron chi connectivity index (χ2n) is 14.2. The van der Waals surface area contributed by atoms with Gasteiger partial charge in [0.1, 0.15) is 5.82 Å². The van der Waals surface area contributed by atoms with Crippen LogP contribution < -0.4 is 0 Å². The predicted octanol–water partition coefficient (Wildman–Crippen LogP) is 11.3. The number of para-hydroxylation sites is 3. The van der Waals surface area contributed by atoms with Gasteiger partial charge in [0, 0.05) is 39.0 Å². The molecule has 0 radical (unpaired) electrons. The minimum atomic E-state index is 0.000477. The Kier molecular flexibility index (Phi) is 6.07. The topological polar surface area (TPSA) is 48.5 Å². The van der Waals surface area contributed by atoms with Crippen molar-refractivity contribution in [3.05, 3.63) is 151 Å². The fraction of sp³-hybridized carbons (Fsp3) is 0.0889. The number of hydrogen-bond donors (Lipinski definition) is 0. The van der Waals surface area contributed by atoms with Crippen molar-refractivity contribution in [3.63, 3.8) is 0 Å². The lowest BCUT2D eigenvalue weighted by Crippen LogP contribution is -2.12. The van der Waals surface area contributed by atoms with E-state index in [0.29, 0.717) is 0 Å². The first-order valence-electron chi connectivity index (χ1n) is 17.1. The smallest absolute Gasteiger partial charge is 0.137 e. The van der Waals surface area contributed by atoms with Gasteiger partial charge in [-0.05, 0) is 82.4 Å². The zero-order valence-corrected chi connectivity index (χ0v) is 28.1. The summed E-state index contributed by atoms with van der Waals surface area (Å²) in [5.74, 6) is 0.922. The second-order valence-corrected chi connectivity index (χ2v) is 14.2. The molecule has 0 amide bonds. The Morgan fingerprint density at radius 2 is 1.18 bits per heavy atom. The first-order chi connectivity index (χ1) is 24.4. The molecule has 0 spiro atoms. The molecule has 0 fully saturated rings. The van der Waals surface area contributed by atoms with Gasteiger partial charge in [0.15, 0.2) is 0 Å². The summed E-state index contributed by atoms with van der Waals surface area (Å²) >= 11 is 0. The van der Waals surface area contributed by atoms with Crippen molar-refractivity contribution < 1.29 is 0 Å². The summed E-state index contributed by atoms with van der Waals surface area (Å²) in [5.41, 5.74) is 10.6. The maximum atomic E-state index is 5.01. The third kappa shape index (κ3) is 4.36. The van der Waals surface area contributed by atoms with E-state index < -0.39 is 0 Å². The van der Waals surface area contributed by atoms with E-state index in [1.807, 2.05) is 36.7 Å². The van der Waals surface area contributed by atoms with Crippen LogP contribution in [0.4, 0.5) is 0 Å². The zero-order chi connectivity index (χ0) is 33.6. The summed E-state index contributed by atoms with van der Waals surface area (Å²) in [6.45, 7) is 6.75. The normalized spacial score (nSPS) is 12.3. The maximum absolute atomic E-state index is 5.01. The van der Waals surface area contributed by atoms with E-state index in [9.17, 15) is 0 Å². The molecule has 0 bridgehead atoms. The van der Waals surface area contributed by atoms with Gasteiger partial charge < -0.3 is 4.57 Å². The van der Waals surface area contributed by atoms with Crippen molar-refractivity contribution in [1.29, 1.82) is 0 Å². The highest BCUT2D eigenvalue weighted by Gasteiger charge is 2.20. The molecule has 238 valence electrons. The van der Waals surface area contributed by atoms with E-state index in [4.69, 9.17) is 15.0 Å². The number of fused-ring (bicyclic) bond motifs is 8. The van der Waals surface area contributed by atoms with Crippen molar-refractivity contribution in [2.45, 2.75) is 26.2 Å². The fourth-order valence-electron chi connectivity index (χ4n) is 7.59. The Morgan fingerprint density at radius 1 is 0.500 bits per heavy atom. The number of hydrogen-bond acceptors (Lipinski definition) is 3. The van der Waals surface area contributed by atoms with Crippen molar-refractivity contribution in [2.24, 2.45) is 0 Å². The van der Waals surface area contributed by atoms with Crippen LogP contribution in [0.25, 0.3) is 88.2 Å². The van der Waals surface area contributed by atoms with Crippen molar-refractivity contribution in [3.8, 4) is 22.8 Å². The molecule has 5 heteroatoms. The molecule has 0 aliphatic heterocycles. The average Bonchev–Trinajstić information content (AvgIpc) is 3.64. The molecule has 4 heterocycles.